The van der Waals surface area contributed by atoms with E-state index in [1.807, 2.05) is 12.1 Å². The Labute approximate surface area is 119 Å². The largest absolute Gasteiger partial charge is 0.484 e. The average Bonchev–Trinajstić information content (AvgIpc) is 2.89. The van der Waals surface area contributed by atoms with Crippen LogP contribution in [0.5, 0.6) is 5.75 Å². The van der Waals surface area contributed by atoms with Gasteiger partial charge in [-0.05, 0) is 47.5 Å². The van der Waals surface area contributed by atoms with Gasteiger partial charge in [0.15, 0.2) is 0 Å². The molecule has 0 aliphatic rings. The van der Waals surface area contributed by atoms with E-state index in [1.165, 1.54) is 16.0 Å². The van der Waals surface area contributed by atoms with Crippen LogP contribution in [0, 0.1) is 6.92 Å². The molecule has 0 saturated carbocycles. The van der Waals surface area contributed by atoms with Gasteiger partial charge in [-0.15, -0.1) is 11.3 Å². The summed E-state index contributed by atoms with van der Waals surface area (Å²) in [7, 11) is 0. The number of hydrogen-bond donors (Lipinski definition) is 1. The van der Waals surface area contributed by atoms with Gasteiger partial charge in [-0.3, -0.25) is 0 Å². The first-order chi connectivity index (χ1) is 9.11. The first-order valence-electron chi connectivity index (χ1n) is 6.62. The van der Waals surface area contributed by atoms with Crippen molar-refractivity contribution in [3.05, 3.63) is 51.7 Å². The Hall–Kier alpha value is -1.32. The van der Waals surface area contributed by atoms with Crippen LogP contribution < -0.4 is 10.5 Å². The molecule has 102 valence electrons. The Morgan fingerprint density at radius 1 is 1.26 bits per heavy atom. The van der Waals surface area contributed by atoms with Gasteiger partial charge in [-0.25, -0.2) is 0 Å². The molecular weight excluding hydrogens is 254 g/mol. The molecule has 0 fully saturated rings. The molecule has 2 rings (SSSR count). The summed E-state index contributed by atoms with van der Waals surface area (Å²) in [5.41, 5.74) is 8.45. The smallest absolute Gasteiger partial charge is 0.145 e. The summed E-state index contributed by atoms with van der Waals surface area (Å²) in [5, 5.41) is 2.05. The maximum Gasteiger partial charge on any atom is 0.145 e. The van der Waals surface area contributed by atoms with Crippen molar-refractivity contribution in [2.45, 2.75) is 32.8 Å². The Balaban J connectivity index is 2.17. The van der Waals surface area contributed by atoms with E-state index >= 15 is 0 Å². The fourth-order valence-corrected chi connectivity index (χ4v) is 3.00. The molecule has 2 nitrogen and oxygen atoms in total. The minimum absolute atomic E-state index is 0.0516. The topological polar surface area (TPSA) is 35.2 Å². The number of benzene rings is 1. The van der Waals surface area contributed by atoms with Crippen molar-refractivity contribution in [2.24, 2.45) is 5.73 Å². The summed E-state index contributed by atoms with van der Waals surface area (Å²) in [4.78, 5) is 1.17. The number of rotatable bonds is 5. The number of hydrogen-bond acceptors (Lipinski definition) is 3. The summed E-state index contributed by atoms with van der Waals surface area (Å²) < 4.78 is 6.01. The monoisotopic (exact) mass is 275 g/mol. The molecule has 0 spiro atoms. The predicted octanol–water partition coefficient (Wildman–Crippen LogP) is 4.26. The van der Waals surface area contributed by atoms with Crippen LogP contribution in [0.4, 0.5) is 0 Å². The zero-order chi connectivity index (χ0) is 13.8. The summed E-state index contributed by atoms with van der Waals surface area (Å²) >= 11 is 1.68. The van der Waals surface area contributed by atoms with Crippen LogP contribution in [0.1, 0.15) is 41.9 Å². The third kappa shape index (κ3) is 3.37. The molecule has 0 saturated heterocycles. The zero-order valence-corrected chi connectivity index (χ0v) is 12.5. The average molecular weight is 275 g/mol. The van der Waals surface area contributed by atoms with Gasteiger partial charge in [-0.1, -0.05) is 26.0 Å². The molecule has 2 aromatic rings. The van der Waals surface area contributed by atoms with E-state index in [0.717, 1.165) is 5.75 Å². The molecule has 0 aliphatic carbocycles. The van der Waals surface area contributed by atoms with E-state index < -0.39 is 0 Å². The van der Waals surface area contributed by atoms with E-state index in [2.05, 4.69) is 44.4 Å². The number of nitrogens with two attached hydrogens (primary N) is 1. The lowest BCUT2D eigenvalue weighted by Crippen LogP contribution is -2.17. The lowest BCUT2D eigenvalue weighted by Gasteiger charge is -2.18. The third-order valence-electron chi connectivity index (χ3n) is 3.22. The van der Waals surface area contributed by atoms with Crippen LogP contribution in [-0.2, 0) is 0 Å². The molecule has 0 bridgehead atoms. The summed E-state index contributed by atoms with van der Waals surface area (Å²) in [6, 6.07) is 10.4. The minimum Gasteiger partial charge on any atom is -0.484 e. The lowest BCUT2D eigenvalue weighted by molar-refractivity contribution is 0.218. The molecule has 1 heterocycles. The van der Waals surface area contributed by atoms with E-state index in [4.69, 9.17) is 10.5 Å². The Bertz CT molecular complexity index is 520. The van der Waals surface area contributed by atoms with E-state index in [0.29, 0.717) is 12.5 Å². The number of thiophene rings is 1. The molecule has 1 unspecified atom stereocenters. The summed E-state index contributed by atoms with van der Waals surface area (Å²) in [6.07, 6.45) is -0.0516. The highest BCUT2D eigenvalue weighted by atomic mass is 32.1. The fraction of sp³-hybridized carbons (Fsp3) is 0.375. The van der Waals surface area contributed by atoms with Crippen molar-refractivity contribution in [2.75, 3.05) is 6.54 Å². The number of ether oxygens (including phenoxy) is 1. The Kier molecular flexibility index (Phi) is 4.61. The maximum atomic E-state index is 6.01. The Morgan fingerprint density at radius 2 is 2.05 bits per heavy atom. The van der Waals surface area contributed by atoms with Gasteiger partial charge in [0.2, 0.25) is 0 Å². The second-order valence-corrected chi connectivity index (χ2v) is 6.01. The highest BCUT2D eigenvalue weighted by molar-refractivity contribution is 7.10. The van der Waals surface area contributed by atoms with Gasteiger partial charge in [0.25, 0.3) is 0 Å². The molecule has 0 amide bonds. The van der Waals surface area contributed by atoms with Crippen molar-refractivity contribution >= 4 is 11.3 Å². The van der Waals surface area contributed by atoms with Crippen LogP contribution in [0.25, 0.3) is 0 Å². The fourth-order valence-electron chi connectivity index (χ4n) is 2.23. The Morgan fingerprint density at radius 3 is 2.58 bits per heavy atom. The molecule has 1 atom stereocenters. The second-order valence-electron chi connectivity index (χ2n) is 5.03. The molecule has 19 heavy (non-hydrogen) atoms. The first-order valence-corrected chi connectivity index (χ1v) is 7.50. The minimum atomic E-state index is -0.0516. The number of aryl methyl sites for hydroxylation is 1. The van der Waals surface area contributed by atoms with E-state index in [-0.39, 0.29) is 6.10 Å². The molecule has 3 heteroatoms. The SMILES string of the molecule is Cc1cc(OC(CN)c2cccs2)ccc1C(C)C. The van der Waals surface area contributed by atoms with Gasteiger partial charge in [-0.2, -0.15) is 0 Å². The molecule has 2 N–H and O–H groups in total. The van der Waals surface area contributed by atoms with Crippen LogP contribution in [-0.4, -0.2) is 6.54 Å². The van der Waals surface area contributed by atoms with Crippen LogP contribution >= 0.6 is 11.3 Å². The van der Waals surface area contributed by atoms with Gasteiger partial charge < -0.3 is 10.5 Å². The molecule has 0 aliphatic heterocycles. The maximum absolute atomic E-state index is 6.01. The second kappa shape index (κ2) is 6.22. The summed E-state index contributed by atoms with van der Waals surface area (Å²) in [6.45, 7) is 7.03. The molecule has 1 aromatic heterocycles. The van der Waals surface area contributed by atoms with E-state index in [1.54, 1.807) is 11.3 Å². The van der Waals surface area contributed by atoms with Crippen molar-refractivity contribution in [3.63, 3.8) is 0 Å². The lowest BCUT2D eigenvalue weighted by atomic mass is 9.98. The van der Waals surface area contributed by atoms with Gasteiger partial charge in [0, 0.05) is 11.4 Å². The first kappa shape index (κ1) is 14.1. The van der Waals surface area contributed by atoms with Gasteiger partial charge in [0.05, 0.1) is 0 Å². The van der Waals surface area contributed by atoms with Crippen LogP contribution in [0.3, 0.4) is 0 Å². The highest BCUT2D eigenvalue weighted by Crippen LogP contribution is 2.28. The zero-order valence-electron chi connectivity index (χ0n) is 11.7. The van der Waals surface area contributed by atoms with Crippen molar-refractivity contribution in [3.8, 4) is 5.75 Å². The van der Waals surface area contributed by atoms with Gasteiger partial charge >= 0.3 is 0 Å². The van der Waals surface area contributed by atoms with Crippen LogP contribution in [0.2, 0.25) is 0 Å². The normalized spacial score (nSPS) is 12.7. The summed E-state index contributed by atoms with van der Waals surface area (Å²) in [5.74, 6) is 1.43. The van der Waals surface area contributed by atoms with Gasteiger partial charge in [0.1, 0.15) is 11.9 Å². The van der Waals surface area contributed by atoms with Crippen molar-refractivity contribution < 1.29 is 4.74 Å². The standard InChI is InChI=1S/C16H21NOS/c1-11(2)14-7-6-13(9-12(14)3)18-15(10-17)16-5-4-8-19-16/h4-9,11,15H,10,17H2,1-3H3. The van der Waals surface area contributed by atoms with Crippen molar-refractivity contribution in [1.82, 2.24) is 0 Å². The molecule has 1 aromatic carbocycles. The molecular formula is C16H21NOS. The van der Waals surface area contributed by atoms with Crippen molar-refractivity contribution in [1.29, 1.82) is 0 Å². The van der Waals surface area contributed by atoms with Crippen LogP contribution in [0.15, 0.2) is 35.7 Å². The highest BCUT2D eigenvalue weighted by Gasteiger charge is 2.13. The quantitative estimate of drug-likeness (QED) is 0.885. The van der Waals surface area contributed by atoms with E-state index in [9.17, 15) is 0 Å². The third-order valence-corrected chi connectivity index (χ3v) is 4.18. The molecule has 0 radical (unpaired) electrons. The predicted molar refractivity (Wildman–Crippen MR) is 82.0 cm³/mol.